The van der Waals surface area contributed by atoms with Crippen LogP contribution in [0.1, 0.15) is 25.8 Å². The summed E-state index contributed by atoms with van der Waals surface area (Å²) in [6.07, 6.45) is -4.06. The van der Waals surface area contributed by atoms with Gasteiger partial charge < -0.3 is 20.1 Å². The average molecular weight is 360 g/mol. The van der Waals surface area contributed by atoms with Crippen LogP contribution >= 0.6 is 0 Å². The molecule has 1 unspecified atom stereocenters. The fourth-order valence-corrected chi connectivity index (χ4v) is 2.99. The van der Waals surface area contributed by atoms with E-state index >= 15 is 0 Å². The lowest BCUT2D eigenvalue weighted by molar-refractivity contribution is -0.143. The van der Waals surface area contributed by atoms with Crippen molar-refractivity contribution in [1.82, 2.24) is 4.90 Å². The van der Waals surface area contributed by atoms with E-state index in [1.165, 1.54) is 19.2 Å². The van der Waals surface area contributed by atoms with Gasteiger partial charge in [0, 0.05) is 31.3 Å². The van der Waals surface area contributed by atoms with Gasteiger partial charge in [0.1, 0.15) is 0 Å². The number of urea groups is 1. The van der Waals surface area contributed by atoms with E-state index in [0.717, 1.165) is 12.1 Å². The minimum atomic E-state index is -4.41. The number of anilines is 1. The van der Waals surface area contributed by atoms with Crippen molar-refractivity contribution < 1.29 is 27.8 Å². The van der Waals surface area contributed by atoms with E-state index < -0.39 is 28.8 Å². The highest BCUT2D eigenvalue weighted by molar-refractivity contribution is 5.89. The molecule has 1 heterocycles. The highest BCUT2D eigenvalue weighted by Gasteiger charge is 2.48. The molecule has 140 valence electrons. The Bertz CT molecular complexity index is 617. The molecule has 1 aliphatic rings. The van der Waals surface area contributed by atoms with E-state index in [1.54, 1.807) is 4.90 Å². The first-order chi connectivity index (χ1) is 11.5. The molecular formula is C17H23F3N2O3. The zero-order chi connectivity index (χ0) is 18.9. The van der Waals surface area contributed by atoms with Crippen molar-refractivity contribution in [3.05, 3.63) is 29.8 Å². The summed E-state index contributed by atoms with van der Waals surface area (Å²) < 4.78 is 42.8. The molecule has 0 spiro atoms. The summed E-state index contributed by atoms with van der Waals surface area (Å²) in [6.45, 7) is 4.51. The number of methoxy groups -OCH3 is 1. The number of amides is 2. The Labute approximate surface area is 144 Å². The van der Waals surface area contributed by atoms with Crippen LogP contribution in [0, 0.1) is 5.41 Å². The molecule has 1 atom stereocenters. The number of carbonyl (C=O) groups is 1. The van der Waals surface area contributed by atoms with Crippen LogP contribution in [0.5, 0.6) is 0 Å². The van der Waals surface area contributed by atoms with Gasteiger partial charge in [-0.15, -0.1) is 0 Å². The number of ether oxygens (including phenoxy) is 1. The summed E-state index contributed by atoms with van der Waals surface area (Å²) in [5, 5.41) is 13.3. The molecule has 0 bridgehead atoms. The second-order valence-corrected chi connectivity index (χ2v) is 7.03. The Balaban J connectivity index is 2.03. The van der Waals surface area contributed by atoms with Crippen molar-refractivity contribution in [2.24, 2.45) is 5.41 Å². The molecule has 8 heteroatoms. The molecule has 25 heavy (non-hydrogen) atoms. The number of likely N-dealkylation sites (tertiary alicyclic amines) is 1. The van der Waals surface area contributed by atoms with Gasteiger partial charge in [-0.25, -0.2) is 4.79 Å². The summed E-state index contributed by atoms with van der Waals surface area (Å²) in [5.74, 6) is 0. The molecule has 1 saturated heterocycles. The van der Waals surface area contributed by atoms with Gasteiger partial charge in [0.05, 0.1) is 17.8 Å². The van der Waals surface area contributed by atoms with Gasteiger partial charge >= 0.3 is 12.2 Å². The van der Waals surface area contributed by atoms with Gasteiger partial charge in [0.2, 0.25) is 0 Å². The van der Waals surface area contributed by atoms with Gasteiger partial charge in [-0.1, -0.05) is 13.8 Å². The van der Waals surface area contributed by atoms with Crippen molar-refractivity contribution in [3.8, 4) is 0 Å². The molecule has 2 amide bonds. The SMILES string of the molecule is COCC1(O)CCN(C(=O)Nc2ccc(C(F)(F)F)cc2)CC1(C)C. The first-order valence-corrected chi connectivity index (χ1v) is 7.93. The molecule has 1 aliphatic heterocycles. The predicted octanol–water partition coefficient (Wildman–Crippen LogP) is 3.35. The van der Waals surface area contributed by atoms with Crippen LogP contribution in [0.15, 0.2) is 24.3 Å². The molecule has 1 aromatic carbocycles. The number of benzene rings is 1. The third kappa shape index (κ3) is 4.24. The number of alkyl halides is 3. The summed E-state index contributed by atoms with van der Waals surface area (Å²) in [6, 6.07) is 3.88. The van der Waals surface area contributed by atoms with Crippen LogP contribution < -0.4 is 5.32 Å². The molecular weight excluding hydrogens is 337 g/mol. The molecule has 1 fully saturated rings. The predicted molar refractivity (Wildman–Crippen MR) is 87.3 cm³/mol. The van der Waals surface area contributed by atoms with E-state index in [0.29, 0.717) is 19.5 Å². The van der Waals surface area contributed by atoms with Gasteiger partial charge in [-0.2, -0.15) is 13.2 Å². The Kier molecular flexibility index (Phi) is 5.34. The molecule has 1 aromatic rings. The lowest BCUT2D eigenvalue weighted by Gasteiger charge is -2.49. The summed E-state index contributed by atoms with van der Waals surface area (Å²) in [5.41, 5.74) is -2.10. The van der Waals surface area contributed by atoms with Crippen LogP contribution in [0.3, 0.4) is 0 Å². The van der Waals surface area contributed by atoms with E-state index in [4.69, 9.17) is 4.74 Å². The van der Waals surface area contributed by atoms with Crippen molar-refractivity contribution in [2.75, 3.05) is 32.1 Å². The van der Waals surface area contributed by atoms with Crippen molar-refractivity contribution in [1.29, 1.82) is 0 Å². The van der Waals surface area contributed by atoms with E-state index in [9.17, 15) is 23.1 Å². The first-order valence-electron chi connectivity index (χ1n) is 7.93. The van der Waals surface area contributed by atoms with Crippen LogP contribution in [-0.2, 0) is 10.9 Å². The number of hydrogen-bond donors (Lipinski definition) is 2. The molecule has 2 rings (SSSR count). The number of halogens is 3. The minimum Gasteiger partial charge on any atom is -0.387 e. The van der Waals surface area contributed by atoms with Crippen molar-refractivity contribution in [2.45, 2.75) is 32.0 Å². The molecule has 0 radical (unpaired) electrons. The molecule has 2 N–H and O–H groups in total. The number of nitrogens with zero attached hydrogens (tertiary/aromatic N) is 1. The van der Waals surface area contributed by atoms with E-state index in [-0.39, 0.29) is 12.3 Å². The topological polar surface area (TPSA) is 61.8 Å². The Morgan fingerprint density at radius 3 is 2.40 bits per heavy atom. The van der Waals surface area contributed by atoms with Crippen LogP contribution in [0.4, 0.5) is 23.7 Å². The monoisotopic (exact) mass is 360 g/mol. The third-order valence-corrected chi connectivity index (χ3v) is 4.78. The number of carbonyl (C=O) groups excluding carboxylic acids is 1. The number of piperidine rings is 1. The van der Waals surface area contributed by atoms with Gasteiger partial charge in [-0.05, 0) is 30.7 Å². The standard InChI is InChI=1S/C17H23F3N2O3/c1-15(2)10-22(9-8-16(15,24)11-25-3)14(23)21-13-6-4-12(5-7-13)17(18,19)20/h4-7,24H,8-11H2,1-3H3,(H,21,23). The number of rotatable bonds is 3. The quantitative estimate of drug-likeness (QED) is 0.869. The Hall–Kier alpha value is -1.80. The maximum atomic E-state index is 12.6. The number of nitrogens with one attached hydrogen (secondary N) is 1. The van der Waals surface area contributed by atoms with Gasteiger partial charge in [0.25, 0.3) is 0 Å². The van der Waals surface area contributed by atoms with E-state index in [2.05, 4.69) is 5.32 Å². The Morgan fingerprint density at radius 1 is 1.32 bits per heavy atom. The maximum Gasteiger partial charge on any atom is 0.416 e. The van der Waals surface area contributed by atoms with Crippen molar-refractivity contribution >= 4 is 11.7 Å². The Morgan fingerprint density at radius 2 is 1.92 bits per heavy atom. The van der Waals surface area contributed by atoms with Gasteiger partial charge in [0.15, 0.2) is 0 Å². The molecule has 0 aromatic heterocycles. The average Bonchev–Trinajstić information content (AvgIpc) is 2.50. The zero-order valence-corrected chi connectivity index (χ0v) is 14.5. The van der Waals surface area contributed by atoms with Crippen LogP contribution in [0.2, 0.25) is 0 Å². The molecule has 0 aliphatic carbocycles. The smallest absolute Gasteiger partial charge is 0.387 e. The summed E-state index contributed by atoms with van der Waals surface area (Å²) >= 11 is 0. The van der Waals surface area contributed by atoms with Crippen LogP contribution in [-0.4, -0.2) is 48.4 Å². The number of aliphatic hydroxyl groups is 1. The summed E-state index contributed by atoms with van der Waals surface area (Å²) in [7, 11) is 1.51. The largest absolute Gasteiger partial charge is 0.416 e. The van der Waals surface area contributed by atoms with Crippen LogP contribution in [0.25, 0.3) is 0 Å². The van der Waals surface area contributed by atoms with Crippen molar-refractivity contribution in [3.63, 3.8) is 0 Å². The maximum absolute atomic E-state index is 12.6. The second-order valence-electron chi connectivity index (χ2n) is 7.03. The molecule has 5 nitrogen and oxygen atoms in total. The van der Waals surface area contributed by atoms with E-state index in [1.807, 2.05) is 13.8 Å². The minimum absolute atomic E-state index is 0.175. The third-order valence-electron chi connectivity index (χ3n) is 4.78. The fraction of sp³-hybridized carbons (Fsp3) is 0.588. The number of hydrogen-bond acceptors (Lipinski definition) is 3. The highest BCUT2D eigenvalue weighted by Crippen LogP contribution is 2.39. The second kappa shape index (κ2) is 6.84. The zero-order valence-electron chi connectivity index (χ0n) is 14.5. The fourth-order valence-electron chi connectivity index (χ4n) is 2.99. The lowest BCUT2D eigenvalue weighted by atomic mass is 9.70. The summed E-state index contributed by atoms with van der Waals surface area (Å²) in [4.78, 5) is 13.9. The lowest BCUT2D eigenvalue weighted by Crippen LogP contribution is -2.61. The first kappa shape index (κ1) is 19.5. The molecule has 0 saturated carbocycles. The highest BCUT2D eigenvalue weighted by atomic mass is 19.4. The normalized spacial score (nSPS) is 23.4. The van der Waals surface area contributed by atoms with Gasteiger partial charge in [-0.3, -0.25) is 0 Å².